The van der Waals surface area contributed by atoms with Crippen LogP contribution in [0.1, 0.15) is 43.7 Å². The van der Waals surface area contributed by atoms with Crippen molar-refractivity contribution in [2.45, 2.75) is 51.8 Å². The Hall–Kier alpha value is -1.97. The van der Waals surface area contributed by atoms with Gasteiger partial charge in [0.05, 0.1) is 26.0 Å². The predicted octanol–water partition coefficient (Wildman–Crippen LogP) is 3.97. The van der Waals surface area contributed by atoms with Gasteiger partial charge in [0.1, 0.15) is 11.5 Å². The van der Waals surface area contributed by atoms with Gasteiger partial charge in [0.15, 0.2) is 5.96 Å². The molecule has 7 nitrogen and oxygen atoms in total. The van der Waals surface area contributed by atoms with Crippen LogP contribution in [0.5, 0.6) is 11.5 Å². The normalized spacial score (nSPS) is 14.3. The number of aryl methyl sites for hydroxylation is 1. The summed E-state index contributed by atoms with van der Waals surface area (Å²) in [6.07, 6.45) is 8.94. The molecule has 0 saturated heterocycles. The Balaban J connectivity index is 0.00000320. The number of aliphatic imine (C=N–C) groups is 1. The third kappa shape index (κ3) is 6.78. The molecular formula is C22H34IN5O2. The van der Waals surface area contributed by atoms with Crippen LogP contribution >= 0.6 is 24.0 Å². The zero-order valence-corrected chi connectivity index (χ0v) is 20.8. The molecule has 0 radical (unpaired) electrons. The molecule has 2 aromatic rings. The third-order valence-corrected chi connectivity index (χ3v) is 5.14. The lowest BCUT2D eigenvalue weighted by atomic mass is 10.2. The van der Waals surface area contributed by atoms with E-state index in [1.54, 1.807) is 7.11 Å². The van der Waals surface area contributed by atoms with Crippen LogP contribution in [0.2, 0.25) is 0 Å². The molecule has 1 aliphatic carbocycles. The predicted molar refractivity (Wildman–Crippen MR) is 131 cm³/mol. The minimum Gasteiger partial charge on any atom is -0.497 e. The molecule has 30 heavy (non-hydrogen) atoms. The number of nitrogens with one attached hydrogen (secondary N) is 1. The van der Waals surface area contributed by atoms with Crippen molar-refractivity contribution in [3.8, 4) is 11.5 Å². The second kappa shape index (κ2) is 12.0. The van der Waals surface area contributed by atoms with E-state index in [0.717, 1.165) is 54.5 Å². The fourth-order valence-corrected chi connectivity index (χ4v) is 3.62. The summed E-state index contributed by atoms with van der Waals surface area (Å²) >= 11 is 0. The third-order valence-electron chi connectivity index (χ3n) is 5.14. The topological polar surface area (TPSA) is 63.9 Å². The van der Waals surface area contributed by atoms with Crippen molar-refractivity contribution in [3.05, 3.63) is 41.7 Å². The fourth-order valence-electron chi connectivity index (χ4n) is 3.62. The van der Waals surface area contributed by atoms with E-state index < -0.39 is 0 Å². The van der Waals surface area contributed by atoms with Crippen LogP contribution in [0.4, 0.5) is 0 Å². The molecule has 1 heterocycles. The van der Waals surface area contributed by atoms with Crippen molar-refractivity contribution in [3.63, 3.8) is 0 Å². The Bertz CT molecular complexity index is 818. The second-order valence-electron chi connectivity index (χ2n) is 7.55. The van der Waals surface area contributed by atoms with Crippen molar-refractivity contribution in [1.29, 1.82) is 0 Å². The quantitative estimate of drug-likeness (QED) is 0.320. The van der Waals surface area contributed by atoms with Gasteiger partial charge in [0.25, 0.3) is 0 Å². The Kier molecular flexibility index (Phi) is 9.74. The summed E-state index contributed by atoms with van der Waals surface area (Å²) in [5, 5.41) is 7.62. The van der Waals surface area contributed by atoms with E-state index in [9.17, 15) is 0 Å². The molecule has 1 fully saturated rings. The Labute approximate surface area is 196 Å². The van der Waals surface area contributed by atoms with E-state index in [2.05, 4.69) is 28.3 Å². The van der Waals surface area contributed by atoms with Crippen LogP contribution in [0, 0.1) is 0 Å². The number of halogens is 1. The summed E-state index contributed by atoms with van der Waals surface area (Å²) in [4.78, 5) is 6.97. The van der Waals surface area contributed by atoms with E-state index in [4.69, 9.17) is 14.5 Å². The van der Waals surface area contributed by atoms with Gasteiger partial charge in [-0.25, -0.2) is 4.99 Å². The monoisotopic (exact) mass is 527 g/mol. The van der Waals surface area contributed by atoms with E-state index in [1.165, 1.54) is 12.8 Å². The zero-order chi connectivity index (χ0) is 20.6. The minimum atomic E-state index is 0. The molecular weight excluding hydrogens is 493 g/mol. The molecule has 3 rings (SSSR count). The lowest BCUT2D eigenvalue weighted by molar-refractivity contribution is 0.207. The number of aromatic nitrogens is 2. The molecule has 1 saturated carbocycles. The van der Waals surface area contributed by atoms with E-state index in [1.807, 2.05) is 43.3 Å². The zero-order valence-electron chi connectivity index (χ0n) is 18.4. The number of guanidine groups is 1. The maximum absolute atomic E-state index is 6.31. The first-order valence-corrected chi connectivity index (χ1v) is 10.4. The maximum atomic E-state index is 6.31. The van der Waals surface area contributed by atoms with Gasteiger partial charge in [0, 0.05) is 50.6 Å². The molecule has 0 spiro atoms. The molecule has 1 aliphatic rings. The highest BCUT2D eigenvalue weighted by atomic mass is 127. The first-order chi connectivity index (χ1) is 14.1. The smallest absolute Gasteiger partial charge is 0.194 e. The van der Waals surface area contributed by atoms with Crippen LogP contribution in [-0.2, 0) is 20.1 Å². The number of benzene rings is 1. The molecule has 166 valence electrons. The largest absolute Gasteiger partial charge is 0.497 e. The summed E-state index contributed by atoms with van der Waals surface area (Å²) in [5.74, 6) is 2.55. The number of rotatable bonds is 8. The molecule has 0 aliphatic heterocycles. The van der Waals surface area contributed by atoms with Crippen LogP contribution in [0.25, 0.3) is 0 Å². The van der Waals surface area contributed by atoms with Gasteiger partial charge in [-0.05, 0) is 44.7 Å². The maximum Gasteiger partial charge on any atom is 0.194 e. The van der Waals surface area contributed by atoms with E-state index >= 15 is 0 Å². The fraction of sp³-hybridized carbons (Fsp3) is 0.545. The highest BCUT2D eigenvalue weighted by Crippen LogP contribution is 2.30. The Morgan fingerprint density at radius 1 is 1.33 bits per heavy atom. The standard InChI is InChI=1S/C22H33N5O2.HI/c1-5-23-22(26(2)15-17-13-25-27(3)16-17)24-14-18-10-11-20(28-4)12-21(18)29-19-8-6-7-9-19;/h10-13,16,19H,5-9,14-15H2,1-4H3,(H,23,24);1H. The number of hydrogen-bond donors (Lipinski definition) is 1. The van der Waals surface area contributed by atoms with Crippen LogP contribution < -0.4 is 14.8 Å². The molecule has 1 aromatic carbocycles. The van der Waals surface area contributed by atoms with Gasteiger partial charge in [-0.1, -0.05) is 0 Å². The second-order valence-corrected chi connectivity index (χ2v) is 7.55. The lowest BCUT2D eigenvalue weighted by Crippen LogP contribution is -2.38. The van der Waals surface area contributed by atoms with Gasteiger partial charge in [-0.3, -0.25) is 4.68 Å². The number of methoxy groups -OCH3 is 1. The first-order valence-electron chi connectivity index (χ1n) is 10.4. The molecule has 0 amide bonds. The summed E-state index contributed by atoms with van der Waals surface area (Å²) in [6, 6.07) is 6.01. The Morgan fingerprint density at radius 3 is 2.73 bits per heavy atom. The van der Waals surface area contributed by atoms with E-state index in [-0.39, 0.29) is 24.0 Å². The SMILES string of the molecule is CCNC(=NCc1ccc(OC)cc1OC1CCCC1)N(C)Cc1cnn(C)c1.I. The first kappa shape index (κ1) is 24.3. The average molecular weight is 527 g/mol. The van der Waals surface area contributed by atoms with Crippen molar-refractivity contribution >= 4 is 29.9 Å². The van der Waals surface area contributed by atoms with Gasteiger partial charge < -0.3 is 19.7 Å². The van der Waals surface area contributed by atoms with Gasteiger partial charge in [0.2, 0.25) is 0 Å². The summed E-state index contributed by atoms with van der Waals surface area (Å²) in [5.41, 5.74) is 2.22. The van der Waals surface area contributed by atoms with Gasteiger partial charge in [-0.15, -0.1) is 24.0 Å². The van der Waals surface area contributed by atoms with Gasteiger partial charge in [-0.2, -0.15) is 5.10 Å². The molecule has 0 bridgehead atoms. The molecule has 1 N–H and O–H groups in total. The lowest BCUT2D eigenvalue weighted by Gasteiger charge is -2.22. The molecule has 8 heteroatoms. The number of nitrogens with zero attached hydrogens (tertiary/aromatic N) is 4. The summed E-state index contributed by atoms with van der Waals surface area (Å²) < 4.78 is 13.5. The van der Waals surface area contributed by atoms with Crippen LogP contribution in [0.15, 0.2) is 35.6 Å². The van der Waals surface area contributed by atoms with Crippen LogP contribution in [0.3, 0.4) is 0 Å². The van der Waals surface area contributed by atoms with Crippen molar-refractivity contribution < 1.29 is 9.47 Å². The van der Waals surface area contributed by atoms with E-state index in [0.29, 0.717) is 12.6 Å². The average Bonchev–Trinajstić information content (AvgIpc) is 3.37. The molecule has 0 atom stereocenters. The van der Waals surface area contributed by atoms with Crippen molar-refractivity contribution in [2.75, 3.05) is 20.7 Å². The number of hydrogen-bond acceptors (Lipinski definition) is 4. The minimum absolute atomic E-state index is 0. The van der Waals surface area contributed by atoms with Crippen LogP contribution in [-0.4, -0.2) is 47.4 Å². The van der Waals surface area contributed by atoms with Gasteiger partial charge >= 0.3 is 0 Å². The molecule has 1 aromatic heterocycles. The highest BCUT2D eigenvalue weighted by molar-refractivity contribution is 14.0. The van der Waals surface area contributed by atoms with Crippen molar-refractivity contribution in [2.24, 2.45) is 12.0 Å². The number of ether oxygens (including phenoxy) is 2. The van der Waals surface area contributed by atoms with Crippen molar-refractivity contribution in [1.82, 2.24) is 20.0 Å². The summed E-state index contributed by atoms with van der Waals surface area (Å²) in [7, 11) is 5.65. The Morgan fingerprint density at radius 2 is 2.10 bits per heavy atom. The highest BCUT2D eigenvalue weighted by Gasteiger charge is 2.18. The summed E-state index contributed by atoms with van der Waals surface area (Å²) in [6.45, 7) is 4.18. The molecule has 0 unspecified atom stereocenters.